The van der Waals surface area contributed by atoms with Crippen molar-refractivity contribution in [1.29, 1.82) is 0 Å². The quantitative estimate of drug-likeness (QED) is 0.506. The molecule has 3 heteroatoms. The molecule has 0 unspecified atom stereocenters. The molecule has 0 nitrogen and oxygen atoms in total. The van der Waals surface area contributed by atoms with E-state index in [-0.39, 0.29) is 91.6 Å². The van der Waals surface area contributed by atoms with E-state index in [0.29, 0.717) is 0 Å². The second-order valence-corrected chi connectivity index (χ2v) is 0. The molecule has 0 aliphatic heterocycles. The monoisotopic (exact) mass is 217 g/mol. The fourth-order valence-corrected chi connectivity index (χ4v) is 0. The van der Waals surface area contributed by atoms with Gasteiger partial charge in [0, 0.05) is 46.5 Å². The van der Waals surface area contributed by atoms with Gasteiger partial charge in [-0.25, -0.2) is 0 Å². The van der Waals surface area contributed by atoms with Gasteiger partial charge in [0.05, 0.1) is 0 Å². The molecule has 0 N–H and O–H groups in total. The predicted molar refractivity (Wildman–Crippen MR) is 16.4 cm³/mol. The van der Waals surface area contributed by atoms with E-state index in [1.807, 2.05) is 0 Å². The van der Waals surface area contributed by atoms with Crippen molar-refractivity contribution < 1.29 is 46.5 Å². The van der Waals surface area contributed by atoms with Gasteiger partial charge in [0.15, 0.2) is 0 Å². The van der Waals surface area contributed by atoms with Crippen molar-refractivity contribution in [3.8, 4) is 0 Å². The summed E-state index contributed by atoms with van der Waals surface area (Å²) in [7, 11) is 0. The van der Waals surface area contributed by atoms with Gasteiger partial charge in [-0.05, 0) is 0 Å². The molecule has 0 aromatic heterocycles. The first-order valence-corrected chi connectivity index (χ1v) is 0. The Labute approximate surface area is 89.5 Å². The summed E-state index contributed by atoms with van der Waals surface area (Å²) < 4.78 is 0. The second-order valence-electron chi connectivity index (χ2n) is 0. The van der Waals surface area contributed by atoms with Crippen molar-refractivity contribution in [1.82, 2.24) is 0 Å². The fraction of sp³-hybridized carbons (Fsp3) is 1.00. The van der Waals surface area contributed by atoms with Crippen molar-refractivity contribution in [2.24, 2.45) is 0 Å². The summed E-state index contributed by atoms with van der Waals surface area (Å²) in [5.74, 6) is 0. The summed E-state index contributed by atoms with van der Waals surface area (Å²) in [6.07, 6.45) is 0. The summed E-state index contributed by atoms with van der Waals surface area (Å²) in [6.45, 7) is 0. The Bertz CT molecular complexity index is 8.00. The zero-order valence-corrected chi connectivity index (χ0v) is 4.02. The number of rotatable bonds is 0. The van der Waals surface area contributed by atoms with Gasteiger partial charge in [0.25, 0.3) is 0 Å². The van der Waals surface area contributed by atoms with Crippen molar-refractivity contribution in [2.45, 2.75) is 7.43 Å². The van der Waals surface area contributed by atoms with Crippen LogP contribution < -0.4 is 0 Å². The number of halogens is 1. The first-order valence-electron chi connectivity index (χ1n) is 0. The summed E-state index contributed by atoms with van der Waals surface area (Å²) in [4.78, 5) is 0. The first-order chi connectivity index (χ1) is 0. The van der Waals surface area contributed by atoms with Gasteiger partial charge in [0.2, 0.25) is 0 Å². The van der Waals surface area contributed by atoms with Gasteiger partial charge in [-0.15, -0.1) is 0 Å². The van der Waals surface area contributed by atoms with Crippen molar-refractivity contribution in [3.05, 3.63) is 0 Å². The molecule has 0 spiro atoms. The van der Waals surface area contributed by atoms with Crippen LogP contribution in [-0.2, 0) is 0 Å². The first kappa shape index (κ1) is 30.9. The second kappa shape index (κ2) is 17.6. The minimum Gasteiger partial charge on any atom is 0 e. The molecule has 0 bridgehead atoms. The molecule has 0 amide bonds. The maximum atomic E-state index is 0. The van der Waals surface area contributed by atoms with E-state index in [1.54, 1.807) is 0 Å². The zero-order valence-electron chi connectivity index (χ0n) is 0.878. The molecule has 0 heterocycles. The normalized spacial score (nSPS) is 0. The Morgan fingerprint density at radius 3 is 1.00 bits per heavy atom. The van der Waals surface area contributed by atoms with Gasteiger partial charge in [-0.1, -0.05) is 7.43 Å². The number of hydrogen-bond donors (Lipinski definition) is 0. The zero-order chi connectivity index (χ0) is 0. The summed E-state index contributed by atoms with van der Waals surface area (Å²) in [5.41, 5.74) is 0. The Hall–Kier alpha value is 2.57. The molecular formula is CH6CaCeF. The Morgan fingerprint density at radius 2 is 1.00 bits per heavy atom. The van der Waals surface area contributed by atoms with Crippen LogP contribution in [0.15, 0.2) is 0 Å². The minimum atomic E-state index is 0. The molecule has 0 saturated heterocycles. The van der Waals surface area contributed by atoms with Crippen LogP contribution in [0.3, 0.4) is 0 Å². The summed E-state index contributed by atoms with van der Waals surface area (Å²) in [6, 6.07) is 0. The molecule has 4 heavy (non-hydrogen) atoms. The van der Waals surface area contributed by atoms with E-state index in [4.69, 9.17) is 0 Å². The average Bonchev–Trinajstić information content (AvgIpc) is 0. The van der Waals surface area contributed by atoms with E-state index >= 15 is 0 Å². The molecule has 23 valence electrons. The van der Waals surface area contributed by atoms with Crippen molar-refractivity contribution >= 4 is 37.7 Å². The summed E-state index contributed by atoms with van der Waals surface area (Å²) in [5, 5.41) is 0. The Morgan fingerprint density at radius 1 is 1.00 bits per heavy atom. The molecule has 0 atom stereocenters. The van der Waals surface area contributed by atoms with Crippen LogP contribution in [0.5, 0.6) is 0 Å². The summed E-state index contributed by atoms with van der Waals surface area (Å²) >= 11 is 0. The largest absolute Gasteiger partial charge is 0 e. The maximum absolute atomic E-state index is 0. The smallest absolute Gasteiger partial charge is 0 e. The van der Waals surface area contributed by atoms with E-state index in [0.717, 1.165) is 0 Å². The third-order valence-electron chi connectivity index (χ3n) is 0. The van der Waals surface area contributed by atoms with Crippen LogP contribution >= 0.6 is 0 Å². The standard InChI is InChI=1S/CH4.Ca.Ce.F.2H/h1H4;;;;;. The van der Waals surface area contributed by atoms with E-state index < -0.39 is 0 Å². The van der Waals surface area contributed by atoms with Crippen molar-refractivity contribution in [2.75, 3.05) is 0 Å². The van der Waals surface area contributed by atoms with Gasteiger partial charge in [0.1, 0.15) is 0 Å². The molecule has 1 radical (unpaired) electrons. The third-order valence-corrected chi connectivity index (χ3v) is 0. The molecule has 0 aliphatic carbocycles. The van der Waals surface area contributed by atoms with E-state index in [9.17, 15) is 0 Å². The number of hydrogen-bond acceptors (Lipinski definition) is 0. The third kappa shape index (κ3) is 8.82. The van der Waals surface area contributed by atoms with E-state index in [1.165, 1.54) is 0 Å². The fourth-order valence-electron chi connectivity index (χ4n) is 0. The predicted octanol–water partition coefficient (Wildman–Crippen LogP) is 0.140. The van der Waals surface area contributed by atoms with Crippen LogP contribution in [0.4, 0.5) is 4.70 Å². The van der Waals surface area contributed by atoms with Crippen LogP contribution in [0.1, 0.15) is 7.43 Å². The minimum absolute atomic E-state index is 0. The van der Waals surface area contributed by atoms with Crippen LogP contribution in [0.2, 0.25) is 0 Å². The maximum Gasteiger partial charge on any atom is 0 e. The van der Waals surface area contributed by atoms with E-state index in [2.05, 4.69) is 0 Å². The molecule has 0 rings (SSSR count). The van der Waals surface area contributed by atoms with Gasteiger partial charge in [-0.3, -0.25) is 0 Å². The molecule has 0 aromatic carbocycles. The molecule has 0 fully saturated rings. The van der Waals surface area contributed by atoms with Gasteiger partial charge < -0.3 is 0 Å². The topological polar surface area (TPSA) is 0 Å². The van der Waals surface area contributed by atoms with Crippen LogP contribution in [0, 0.1) is 41.7 Å². The Kier molecular flexibility index (Phi) is 136. The van der Waals surface area contributed by atoms with Crippen molar-refractivity contribution in [3.63, 3.8) is 0 Å². The van der Waals surface area contributed by atoms with Crippen LogP contribution in [-0.4, -0.2) is 37.7 Å². The molecule has 0 aliphatic rings. The SMILES string of the molecule is C.[CaH2].[Ce].[F]. The molecule has 0 aromatic rings. The average molecular weight is 217 g/mol. The molecular weight excluding hydrogens is 211 g/mol. The Balaban J connectivity index is 0. The van der Waals surface area contributed by atoms with Gasteiger partial charge in [-0.2, -0.15) is 0 Å². The van der Waals surface area contributed by atoms with Gasteiger partial charge >= 0.3 is 37.7 Å². The van der Waals surface area contributed by atoms with Crippen LogP contribution in [0.25, 0.3) is 0 Å². The molecule has 0 saturated carbocycles.